The zero-order valence-corrected chi connectivity index (χ0v) is 18.1. The van der Waals surface area contributed by atoms with Crippen molar-refractivity contribution in [2.24, 2.45) is 0 Å². The number of morpholine rings is 1. The largest absolute Gasteiger partial charge is 0.507 e. The van der Waals surface area contributed by atoms with Crippen molar-refractivity contribution in [2.75, 3.05) is 39.4 Å². The average molecular weight is 438 g/mol. The van der Waals surface area contributed by atoms with Crippen LogP contribution in [0.2, 0.25) is 0 Å². The molecule has 1 N–H and O–H groups in total. The molecular weight excluding hydrogens is 411 g/mol. The van der Waals surface area contributed by atoms with E-state index in [4.69, 9.17) is 4.74 Å². The Labute approximate surface area is 186 Å². The predicted molar refractivity (Wildman–Crippen MR) is 118 cm³/mol. The number of hydrogen-bond acceptors (Lipinski definition) is 5. The molecular formula is C25H27FN2O4. The topological polar surface area (TPSA) is 70.1 Å². The van der Waals surface area contributed by atoms with E-state index in [0.717, 1.165) is 25.2 Å². The molecule has 1 amide bonds. The van der Waals surface area contributed by atoms with Crippen molar-refractivity contribution in [2.45, 2.75) is 19.4 Å². The summed E-state index contributed by atoms with van der Waals surface area (Å²) in [5, 5.41) is 11.0. The average Bonchev–Trinajstić information content (AvgIpc) is 3.05. The summed E-state index contributed by atoms with van der Waals surface area (Å²) in [6.45, 7) is 6.05. The molecule has 6 nitrogen and oxygen atoms in total. The van der Waals surface area contributed by atoms with Crippen LogP contribution in [0.25, 0.3) is 5.76 Å². The van der Waals surface area contributed by atoms with Crippen LogP contribution in [-0.4, -0.2) is 66.0 Å². The number of nitrogens with zero attached hydrogens (tertiary/aromatic N) is 2. The molecule has 2 aromatic rings. The van der Waals surface area contributed by atoms with Gasteiger partial charge in [0, 0.05) is 31.7 Å². The lowest BCUT2D eigenvalue weighted by Crippen LogP contribution is -2.39. The highest BCUT2D eigenvalue weighted by Crippen LogP contribution is 2.39. The molecule has 2 aliphatic heterocycles. The summed E-state index contributed by atoms with van der Waals surface area (Å²) in [6.07, 6.45) is 0.656. The summed E-state index contributed by atoms with van der Waals surface area (Å²) in [4.78, 5) is 29.7. The number of carbonyl (C=O) groups is 2. The van der Waals surface area contributed by atoms with Crippen LogP contribution in [0.4, 0.5) is 4.39 Å². The van der Waals surface area contributed by atoms with Crippen molar-refractivity contribution < 1.29 is 23.8 Å². The molecule has 2 aliphatic rings. The monoisotopic (exact) mass is 438 g/mol. The normalized spacial score (nSPS) is 21.3. The molecule has 32 heavy (non-hydrogen) atoms. The van der Waals surface area contributed by atoms with Gasteiger partial charge in [0.05, 0.1) is 24.8 Å². The number of halogens is 1. The first-order valence-corrected chi connectivity index (χ1v) is 10.9. The van der Waals surface area contributed by atoms with E-state index < -0.39 is 23.5 Å². The van der Waals surface area contributed by atoms with Crippen LogP contribution >= 0.6 is 0 Å². The number of aliphatic hydroxyl groups excluding tert-OH is 1. The van der Waals surface area contributed by atoms with E-state index in [2.05, 4.69) is 4.90 Å². The van der Waals surface area contributed by atoms with Crippen LogP contribution in [-0.2, 0) is 14.3 Å². The Hall–Kier alpha value is -3.03. The summed E-state index contributed by atoms with van der Waals surface area (Å²) >= 11 is 0. The number of aryl methyl sites for hydroxylation is 1. The van der Waals surface area contributed by atoms with Gasteiger partial charge in [0.15, 0.2) is 0 Å². The molecule has 2 fully saturated rings. The first-order chi connectivity index (χ1) is 15.5. The highest BCUT2D eigenvalue weighted by atomic mass is 19.1. The maximum atomic E-state index is 14.0. The van der Waals surface area contributed by atoms with E-state index >= 15 is 0 Å². The molecule has 1 atom stereocenters. The van der Waals surface area contributed by atoms with Crippen LogP contribution in [0.15, 0.2) is 54.1 Å². The molecule has 0 unspecified atom stereocenters. The van der Waals surface area contributed by atoms with Gasteiger partial charge in [0.2, 0.25) is 0 Å². The number of rotatable bonds is 6. The Bertz CT molecular complexity index is 1030. The lowest BCUT2D eigenvalue weighted by Gasteiger charge is -2.29. The summed E-state index contributed by atoms with van der Waals surface area (Å²) in [7, 11) is 0. The molecule has 0 radical (unpaired) electrons. The quantitative estimate of drug-likeness (QED) is 0.426. The lowest BCUT2D eigenvalue weighted by molar-refractivity contribution is -0.140. The van der Waals surface area contributed by atoms with Crippen molar-refractivity contribution in [3.05, 3.63) is 76.6 Å². The summed E-state index contributed by atoms with van der Waals surface area (Å²) in [6, 6.07) is 12.1. The summed E-state index contributed by atoms with van der Waals surface area (Å²) in [5.41, 5.74) is 1.91. The number of benzene rings is 2. The second kappa shape index (κ2) is 9.63. The first-order valence-electron chi connectivity index (χ1n) is 10.9. The molecule has 0 aliphatic carbocycles. The number of amides is 1. The molecule has 0 aromatic heterocycles. The second-order valence-corrected chi connectivity index (χ2v) is 8.22. The maximum absolute atomic E-state index is 14.0. The van der Waals surface area contributed by atoms with Crippen LogP contribution < -0.4 is 0 Å². The van der Waals surface area contributed by atoms with Crippen molar-refractivity contribution in [3.8, 4) is 0 Å². The number of ether oxygens (including phenoxy) is 1. The number of hydrogen-bond donors (Lipinski definition) is 1. The molecule has 168 valence electrons. The van der Waals surface area contributed by atoms with Gasteiger partial charge < -0.3 is 14.7 Å². The van der Waals surface area contributed by atoms with Crippen LogP contribution in [0.5, 0.6) is 0 Å². The van der Waals surface area contributed by atoms with E-state index in [-0.39, 0.29) is 11.3 Å². The second-order valence-electron chi connectivity index (χ2n) is 8.22. The number of Topliss-reactive ketones (excluding diaryl/α,β-unsaturated/α-hetero) is 1. The Morgan fingerprint density at radius 3 is 2.50 bits per heavy atom. The third-order valence-electron chi connectivity index (χ3n) is 6.01. The molecule has 2 aromatic carbocycles. The number of ketones is 1. The van der Waals surface area contributed by atoms with Crippen LogP contribution in [0.1, 0.15) is 29.2 Å². The van der Waals surface area contributed by atoms with Crippen molar-refractivity contribution in [3.63, 3.8) is 0 Å². The molecule has 0 bridgehead atoms. The van der Waals surface area contributed by atoms with Gasteiger partial charge in [-0.1, -0.05) is 42.0 Å². The SMILES string of the molecule is Cc1ccc(C(O)=C2C(=O)C(=O)N(CCCN3CCOCC3)[C@@H]2c2cccc(F)c2)cc1. The highest BCUT2D eigenvalue weighted by molar-refractivity contribution is 6.46. The first kappa shape index (κ1) is 22.2. The fourth-order valence-electron chi connectivity index (χ4n) is 4.29. The van der Waals surface area contributed by atoms with Gasteiger partial charge in [-0.25, -0.2) is 4.39 Å². The number of likely N-dealkylation sites (tertiary alicyclic amines) is 1. The summed E-state index contributed by atoms with van der Waals surface area (Å²) < 4.78 is 19.4. The van der Waals surface area contributed by atoms with Gasteiger partial charge in [-0.05, 0) is 31.0 Å². The van der Waals surface area contributed by atoms with Crippen molar-refractivity contribution in [1.29, 1.82) is 0 Å². The van der Waals surface area contributed by atoms with E-state index in [1.807, 2.05) is 19.1 Å². The zero-order chi connectivity index (χ0) is 22.7. The third-order valence-corrected chi connectivity index (χ3v) is 6.01. The fourth-order valence-corrected chi connectivity index (χ4v) is 4.29. The van der Waals surface area contributed by atoms with Gasteiger partial charge in [-0.2, -0.15) is 0 Å². The minimum absolute atomic E-state index is 0.00387. The minimum atomic E-state index is -0.836. The van der Waals surface area contributed by atoms with Crippen LogP contribution in [0, 0.1) is 12.7 Å². The standard InChI is InChI=1S/C25H27FN2O4/c1-17-6-8-18(9-7-17)23(29)21-22(19-4-2-5-20(26)16-19)28(25(31)24(21)30)11-3-10-27-12-14-32-15-13-27/h2,4-9,16,22,29H,3,10-15H2,1H3/t22-/m1/s1. The predicted octanol–water partition coefficient (Wildman–Crippen LogP) is 3.28. The van der Waals surface area contributed by atoms with Crippen LogP contribution in [0.3, 0.4) is 0 Å². The smallest absolute Gasteiger partial charge is 0.295 e. The lowest BCUT2D eigenvalue weighted by atomic mass is 9.95. The highest BCUT2D eigenvalue weighted by Gasteiger charge is 2.45. The molecule has 0 spiro atoms. The fraction of sp³-hybridized carbons (Fsp3) is 0.360. The van der Waals surface area contributed by atoms with Crippen molar-refractivity contribution in [1.82, 2.24) is 9.80 Å². The minimum Gasteiger partial charge on any atom is -0.507 e. The van der Waals surface area contributed by atoms with Gasteiger partial charge in [0.25, 0.3) is 11.7 Å². The molecule has 0 saturated carbocycles. The molecule has 4 rings (SSSR count). The number of carbonyl (C=O) groups excluding carboxylic acids is 2. The molecule has 7 heteroatoms. The Morgan fingerprint density at radius 2 is 1.81 bits per heavy atom. The molecule has 2 saturated heterocycles. The van der Waals surface area contributed by atoms with Gasteiger partial charge in [0.1, 0.15) is 11.6 Å². The van der Waals surface area contributed by atoms with E-state index in [1.165, 1.54) is 17.0 Å². The third kappa shape index (κ3) is 4.59. The Balaban J connectivity index is 1.67. The van der Waals surface area contributed by atoms with Crippen molar-refractivity contribution >= 4 is 17.4 Å². The Morgan fingerprint density at radius 1 is 1.09 bits per heavy atom. The van der Waals surface area contributed by atoms with E-state index in [9.17, 15) is 19.1 Å². The maximum Gasteiger partial charge on any atom is 0.295 e. The van der Waals surface area contributed by atoms with Gasteiger partial charge in [-0.3, -0.25) is 14.5 Å². The molecule has 2 heterocycles. The van der Waals surface area contributed by atoms with Gasteiger partial charge in [-0.15, -0.1) is 0 Å². The number of aliphatic hydroxyl groups is 1. The Kier molecular flexibility index (Phi) is 6.67. The van der Waals surface area contributed by atoms with E-state index in [1.54, 1.807) is 24.3 Å². The van der Waals surface area contributed by atoms with E-state index in [0.29, 0.717) is 37.3 Å². The summed E-state index contributed by atoms with van der Waals surface area (Å²) in [5.74, 6) is -2.12. The van der Waals surface area contributed by atoms with Gasteiger partial charge >= 0.3 is 0 Å². The zero-order valence-electron chi connectivity index (χ0n) is 18.1.